The third-order valence-electron chi connectivity index (χ3n) is 2.34. The molecule has 1 aliphatic heterocycles. The van der Waals surface area contributed by atoms with Gasteiger partial charge in [-0.25, -0.2) is 0 Å². The van der Waals surface area contributed by atoms with Crippen LogP contribution in [0.2, 0.25) is 0 Å². The van der Waals surface area contributed by atoms with Gasteiger partial charge in [-0.15, -0.1) is 0 Å². The molecule has 76 valence electrons. The Balaban J connectivity index is 2.38. The first-order chi connectivity index (χ1) is 6.59. The Morgan fingerprint density at radius 2 is 2.43 bits per heavy atom. The number of hydrogen-bond acceptors (Lipinski definition) is 4. The number of fused-ring (bicyclic) bond motifs is 1. The molecule has 14 heavy (non-hydrogen) atoms. The Morgan fingerprint density at radius 3 is 3.07 bits per heavy atom. The predicted octanol–water partition coefficient (Wildman–Crippen LogP) is -0.923. The van der Waals surface area contributed by atoms with Gasteiger partial charge < -0.3 is 9.63 Å². The van der Waals surface area contributed by atoms with Crippen LogP contribution in [0, 0.1) is 0 Å². The van der Waals surface area contributed by atoms with Crippen LogP contribution >= 0.6 is 0 Å². The summed E-state index contributed by atoms with van der Waals surface area (Å²) < 4.78 is 6.24. The van der Waals surface area contributed by atoms with E-state index in [4.69, 9.17) is 9.63 Å². The van der Waals surface area contributed by atoms with Crippen molar-refractivity contribution in [2.45, 2.75) is 19.0 Å². The van der Waals surface area contributed by atoms with Crippen LogP contribution in [0.5, 0.6) is 0 Å². The molecule has 6 heteroatoms. The summed E-state index contributed by atoms with van der Waals surface area (Å²) in [4.78, 5) is 22.1. The van der Waals surface area contributed by atoms with E-state index in [-0.39, 0.29) is 12.0 Å². The van der Waals surface area contributed by atoms with Crippen molar-refractivity contribution in [3.8, 4) is 0 Å². The van der Waals surface area contributed by atoms with Crippen LogP contribution in [0.3, 0.4) is 0 Å². The molecule has 0 saturated heterocycles. The van der Waals surface area contributed by atoms with Crippen LogP contribution in [-0.2, 0) is 24.8 Å². The highest BCUT2D eigenvalue weighted by Crippen LogP contribution is 2.13. The van der Waals surface area contributed by atoms with Crippen molar-refractivity contribution in [2.24, 2.45) is 7.05 Å². The van der Waals surface area contributed by atoms with Gasteiger partial charge in [0.2, 0.25) is 0 Å². The number of hydrogen-bond donors (Lipinski definition) is 2. The van der Waals surface area contributed by atoms with Crippen LogP contribution in [-0.4, -0.2) is 21.9 Å². The second-order valence-corrected chi connectivity index (χ2v) is 3.27. The van der Waals surface area contributed by atoms with E-state index in [1.165, 1.54) is 7.05 Å². The van der Waals surface area contributed by atoms with Gasteiger partial charge in [0.25, 0.3) is 5.56 Å². The Bertz CT molecular complexity index is 431. The van der Waals surface area contributed by atoms with Gasteiger partial charge in [0.1, 0.15) is 6.04 Å². The molecule has 0 aromatic carbocycles. The van der Waals surface area contributed by atoms with E-state index in [0.717, 1.165) is 4.74 Å². The smallest absolute Gasteiger partial charge is 0.321 e. The lowest BCUT2D eigenvalue weighted by Gasteiger charge is -2.17. The summed E-state index contributed by atoms with van der Waals surface area (Å²) in [7, 11) is 1.51. The van der Waals surface area contributed by atoms with Crippen molar-refractivity contribution in [1.82, 2.24) is 10.1 Å². The fourth-order valence-electron chi connectivity index (χ4n) is 1.58. The summed E-state index contributed by atoms with van der Waals surface area (Å²) in [5, 5.41) is 11.5. The SMILES string of the molecule is Cn1oc2c(c1=O)CC(C(=O)O)NC2. The van der Waals surface area contributed by atoms with Crippen molar-refractivity contribution in [3.63, 3.8) is 0 Å². The Kier molecular flexibility index (Phi) is 1.92. The second kappa shape index (κ2) is 2.98. The van der Waals surface area contributed by atoms with Gasteiger partial charge in [0.15, 0.2) is 5.76 Å². The molecule has 1 atom stereocenters. The molecular formula is C8H10N2O4. The number of aryl methyl sites for hydroxylation is 1. The maximum Gasteiger partial charge on any atom is 0.321 e. The van der Waals surface area contributed by atoms with Crippen LogP contribution in [0.4, 0.5) is 0 Å². The first-order valence-electron chi connectivity index (χ1n) is 4.24. The fourth-order valence-corrected chi connectivity index (χ4v) is 1.58. The molecule has 2 N–H and O–H groups in total. The van der Waals surface area contributed by atoms with Crippen LogP contribution in [0.25, 0.3) is 0 Å². The maximum absolute atomic E-state index is 11.4. The molecule has 6 nitrogen and oxygen atoms in total. The zero-order valence-corrected chi connectivity index (χ0v) is 7.61. The standard InChI is InChI=1S/C8H10N2O4/c1-10-7(11)4-2-5(8(12)13)9-3-6(4)14-10/h5,9H,2-3H2,1H3,(H,12,13). The normalized spacial score (nSPS) is 20.5. The zero-order chi connectivity index (χ0) is 10.3. The average molecular weight is 198 g/mol. The van der Waals surface area contributed by atoms with E-state index in [1.807, 2.05) is 0 Å². The van der Waals surface area contributed by atoms with E-state index < -0.39 is 12.0 Å². The third kappa shape index (κ3) is 1.24. The van der Waals surface area contributed by atoms with Gasteiger partial charge in [0, 0.05) is 13.5 Å². The molecule has 1 aliphatic rings. The number of carboxylic acid groups (broad SMARTS) is 1. The fraction of sp³-hybridized carbons (Fsp3) is 0.500. The molecule has 0 spiro atoms. The maximum atomic E-state index is 11.4. The topological polar surface area (TPSA) is 84.5 Å². The Hall–Kier alpha value is -1.56. The van der Waals surface area contributed by atoms with Gasteiger partial charge in [0.05, 0.1) is 12.1 Å². The van der Waals surface area contributed by atoms with Crippen LogP contribution in [0.15, 0.2) is 9.32 Å². The lowest BCUT2D eigenvalue weighted by atomic mass is 10.0. The van der Waals surface area contributed by atoms with Crippen molar-refractivity contribution in [2.75, 3.05) is 0 Å². The van der Waals surface area contributed by atoms with Crippen molar-refractivity contribution in [1.29, 1.82) is 0 Å². The van der Waals surface area contributed by atoms with Crippen LogP contribution < -0.4 is 10.9 Å². The molecule has 0 radical (unpaired) electrons. The van der Waals surface area contributed by atoms with Gasteiger partial charge in [-0.3, -0.25) is 14.9 Å². The highest BCUT2D eigenvalue weighted by atomic mass is 16.5. The highest BCUT2D eigenvalue weighted by Gasteiger charge is 2.28. The number of aromatic nitrogens is 1. The van der Waals surface area contributed by atoms with Gasteiger partial charge in [-0.1, -0.05) is 0 Å². The molecule has 0 aliphatic carbocycles. The summed E-state index contributed by atoms with van der Waals surface area (Å²) in [6, 6.07) is -0.687. The number of nitrogens with one attached hydrogen (secondary N) is 1. The van der Waals surface area contributed by atoms with Crippen LogP contribution in [0.1, 0.15) is 11.3 Å². The van der Waals surface area contributed by atoms with E-state index in [1.54, 1.807) is 0 Å². The number of rotatable bonds is 1. The van der Waals surface area contributed by atoms with E-state index in [9.17, 15) is 9.59 Å². The summed E-state index contributed by atoms with van der Waals surface area (Å²) in [5.41, 5.74) is 0.228. The van der Waals surface area contributed by atoms with Gasteiger partial charge in [-0.05, 0) is 0 Å². The van der Waals surface area contributed by atoms with Gasteiger partial charge in [-0.2, -0.15) is 4.74 Å². The minimum atomic E-state index is -0.945. The molecule has 0 saturated carbocycles. The first-order valence-corrected chi connectivity index (χ1v) is 4.24. The molecule has 2 heterocycles. The first kappa shape index (κ1) is 9.01. The third-order valence-corrected chi connectivity index (χ3v) is 2.34. The van der Waals surface area contributed by atoms with Crippen molar-refractivity contribution >= 4 is 5.97 Å². The Labute approximate surface area is 79.1 Å². The lowest BCUT2D eigenvalue weighted by molar-refractivity contribution is -0.139. The van der Waals surface area contributed by atoms with E-state index in [0.29, 0.717) is 17.9 Å². The monoisotopic (exact) mass is 198 g/mol. The molecule has 0 fully saturated rings. The van der Waals surface area contributed by atoms with Crippen molar-refractivity contribution < 1.29 is 14.4 Å². The Morgan fingerprint density at radius 1 is 1.71 bits per heavy atom. The minimum Gasteiger partial charge on any atom is -0.480 e. The summed E-state index contributed by atoms with van der Waals surface area (Å²) in [6.07, 6.45) is 0.188. The zero-order valence-electron chi connectivity index (χ0n) is 7.61. The number of carbonyl (C=O) groups is 1. The quantitative estimate of drug-likeness (QED) is 0.609. The second-order valence-electron chi connectivity index (χ2n) is 3.27. The average Bonchev–Trinajstić information content (AvgIpc) is 2.43. The number of carboxylic acids is 1. The largest absolute Gasteiger partial charge is 0.480 e. The summed E-state index contributed by atoms with van der Waals surface area (Å²) in [5.74, 6) is -0.408. The van der Waals surface area contributed by atoms with Gasteiger partial charge >= 0.3 is 5.97 Å². The summed E-state index contributed by atoms with van der Waals surface area (Å²) in [6.45, 7) is 0.294. The molecule has 1 aromatic heterocycles. The molecular weight excluding hydrogens is 188 g/mol. The molecule has 0 amide bonds. The number of aliphatic carboxylic acids is 1. The highest BCUT2D eigenvalue weighted by molar-refractivity contribution is 5.74. The molecule has 0 bridgehead atoms. The van der Waals surface area contributed by atoms with Crippen molar-refractivity contribution in [3.05, 3.63) is 21.7 Å². The molecule has 1 unspecified atom stereocenters. The van der Waals surface area contributed by atoms with E-state index >= 15 is 0 Å². The summed E-state index contributed by atoms with van der Waals surface area (Å²) >= 11 is 0. The van der Waals surface area contributed by atoms with E-state index in [2.05, 4.69) is 5.32 Å². The molecule has 1 aromatic rings. The minimum absolute atomic E-state index is 0.188. The molecule has 2 rings (SSSR count). The lowest BCUT2D eigenvalue weighted by Crippen LogP contribution is -2.42. The predicted molar refractivity (Wildman–Crippen MR) is 45.9 cm³/mol. The number of nitrogens with zero attached hydrogens (tertiary/aromatic N) is 1.